The van der Waals surface area contributed by atoms with Crippen LogP contribution >= 0.6 is 0 Å². The second-order valence-electron chi connectivity index (χ2n) is 4.78. The third-order valence-corrected chi connectivity index (χ3v) is 4.74. The zero-order valence-electron chi connectivity index (χ0n) is 13.2. The van der Waals surface area contributed by atoms with E-state index in [2.05, 4.69) is 10.0 Å². The molecule has 1 aromatic carbocycles. The molecule has 120 valence electrons. The Morgan fingerprint density at radius 3 is 2.38 bits per heavy atom. The van der Waals surface area contributed by atoms with Gasteiger partial charge < -0.3 is 14.8 Å². The molecule has 0 spiro atoms. The predicted molar refractivity (Wildman–Crippen MR) is 82.4 cm³/mol. The SMILES string of the molecule is CCC(C)NS(=O)(=O)c1cc(CNC)c(OC)c(OC)c1. The summed E-state index contributed by atoms with van der Waals surface area (Å²) in [5.74, 6) is 0.934. The Morgan fingerprint density at radius 1 is 1.24 bits per heavy atom. The molecule has 0 saturated heterocycles. The van der Waals surface area contributed by atoms with Crippen LogP contribution in [0.1, 0.15) is 25.8 Å². The Labute approximate surface area is 126 Å². The molecule has 0 fully saturated rings. The van der Waals surface area contributed by atoms with Gasteiger partial charge in [0.25, 0.3) is 0 Å². The third-order valence-electron chi connectivity index (χ3n) is 3.18. The van der Waals surface area contributed by atoms with Crippen LogP contribution < -0.4 is 19.5 Å². The number of hydrogen-bond donors (Lipinski definition) is 2. The molecule has 21 heavy (non-hydrogen) atoms. The largest absolute Gasteiger partial charge is 0.493 e. The predicted octanol–water partition coefficient (Wildman–Crippen LogP) is 1.50. The van der Waals surface area contributed by atoms with Crippen molar-refractivity contribution in [1.29, 1.82) is 0 Å². The molecule has 1 aromatic rings. The molecule has 2 N–H and O–H groups in total. The molecule has 0 heterocycles. The van der Waals surface area contributed by atoms with E-state index in [1.54, 1.807) is 13.1 Å². The summed E-state index contributed by atoms with van der Waals surface area (Å²) in [5.41, 5.74) is 0.726. The topological polar surface area (TPSA) is 76.7 Å². The quantitative estimate of drug-likeness (QED) is 0.760. The van der Waals surface area contributed by atoms with Crippen LogP contribution in [0.3, 0.4) is 0 Å². The van der Waals surface area contributed by atoms with Gasteiger partial charge in [-0.15, -0.1) is 0 Å². The van der Waals surface area contributed by atoms with Crippen LogP contribution in [-0.2, 0) is 16.6 Å². The minimum absolute atomic E-state index is 0.129. The lowest BCUT2D eigenvalue weighted by molar-refractivity contribution is 0.349. The van der Waals surface area contributed by atoms with Crippen molar-refractivity contribution in [2.75, 3.05) is 21.3 Å². The highest BCUT2D eigenvalue weighted by atomic mass is 32.2. The molecular formula is C14H24N2O4S. The maximum atomic E-state index is 12.4. The van der Waals surface area contributed by atoms with Crippen molar-refractivity contribution in [3.8, 4) is 11.5 Å². The standard InChI is InChI=1S/C14H24N2O4S/c1-6-10(2)16-21(17,18)12-7-11(9-15-3)14(20-5)13(8-12)19-4/h7-8,10,15-16H,6,9H2,1-5H3. The zero-order chi connectivity index (χ0) is 16.0. The molecule has 7 heteroatoms. The summed E-state index contributed by atoms with van der Waals surface area (Å²) in [6, 6.07) is 2.95. The van der Waals surface area contributed by atoms with Gasteiger partial charge in [-0.25, -0.2) is 13.1 Å². The number of nitrogens with one attached hydrogen (secondary N) is 2. The van der Waals surface area contributed by atoms with E-state index in [1.165, 1.54) is 20.3 Å². The summed E-state index contributed by atoms with van der Waals surface area (Å²) in [4.78, 5) is 0.172. The Morgan fingerprint density at radius 2 is 1.90 bits per heavy atom. The van der Waals surface area contributed by atoms with E-state index in [0.717, 1.165) is 12.0 Å². The van der Waals surface area contributed by atoms with Gasteiger partial charge in [0, 0.05) is 24.2 Å². The maximum Gasteiger partial charge on any atom is 0.240 e. The lowest BCUT2D eigenvalue weighted by Gasteiger charge is -2.17. The fraction of sp³-hybridized carbons (Fsp3) is 0.571. The average Bonchev–Trinajstić information content (AvgIpc) is 2.46. The van der Waals surface area contributed by atoms with Gasteiger partial charge in [-0.2, -0.15) is 0 Å². The Kier molecular flexibility index (Phi) is 6.44. The molecule has 0 aromatic heterocycles. The Bertz CT molecular complexity index is 573. The van der Waals surface area contributed by atoms with Crippen molar-refractivity contribution in [2.24, 2.45) is 0 Å². The molecule has 0 amide bonds. The van der Waals surface area contributed by atoms with E-state index >= 15 is 0 Å². The highest BCUT2D eigenvalue weighted by Crippen LogP contribution is 2.34. The molecule has 0 bridgehead atoms. The first-order valence-electron chi connectivity index (χ1n) is 6.81. The molecule has 0 radical (unpaired) electrons. The Balaban J connectivity index is 3.33. The number of benzene rings is 1. The minimum Gasteiger partial charge on any atom is -0.493 e. The molecule has 0 aliphatic heterocycles. The molecule has 0 saturated carbocycles. The van der Waals surface area contributed by atoms with Crippen LogP contribution in [0.5, 0.6) is 11.5 Å². The van der Waals surface area contributed by atoms with Gasteiger partial charge in [-0.1, -0.05) is 6.92 Å². The van der Waals surface area contributed by atoms with E-state index in [4.69, 9.17) is 9.47 Å². The van der Waals surface area contributed by atoms with Crippen molar-refractivity contribution in [1.82, 2.24) is 10.0 Å². The van der Waals surface area contributed by atoms with Crippen LogP contribution in [0, 0.1) is 0 Å². The number of rotatable bonds is 8. The van der Waals surface area contributed by atoms with Crippen molar-refractivity contribution in [3.05, 3.63) is 17.7 Å². The van der Waals surface area contributed by atoms with Gasteiger partial charge in [0.15, 0.2) is 11.5 Å². The monoisotopic (exact) mass is 316 g/mol. The normalized spacial score (nSPS) is 13.0. The average molecular weight is 316 g/mol. The molecule has 1 atom stereocenters. The maximum absolute atomic E-state index is 12.4. The molecular weight excluding hydrogens is 292 g/mol. The Hall–Kier alpha value is -1.31. The number of hydrogen-bond acceptors (Lipinski definition) is 5. The smallest absolute Gasteiger partial charge is 0.240 e. The van der Waals surface area contributed by atoms with Gasteiger partial charge in [-0.3, -0.25) is 0 Å². The van der Waals surface area contributed by atoms with E-state index in [-0.39, 0.29) is 10.9 Å². The fourth-order valence-corrected chi connectivity index (χ4v) is 3.30. The van der Waals surface area contributed by atoms with E-state index < -0.39 is 10.0 Å². The van der Waals surface area contributed by atoms with Gasteiger partial charge in [-0.05, 0) is 26.5 Å². The van der Waals surface area contributed by atoms with Crippen molar-refractivity contribution >= 4 is 10.0 Å². The second kappa shape index (κ2) is 7.63. The fourth-order valence-electron chi connectivity index (χ4n) is 1.91. The first-order valence-corrected chi connectivity index (χ1v) is 8.29. The molecule has 6 nitrogen and oxygen atoms in total. The first-order chi connectivity index (χ1) is 9.89. The lowest BCUT2D eigenvalue weighted by atomic mass is 10.2. The summed E-state index contributed by atoms with van der Waals surface area (Å²) in [5, 5.41) is 2.99. The van der Waals surface area contributed by atoms with Gasteiger partial charge >= 0.3 is 0 Å². The van der Waals surface area contributed by atoms with Crippen molar-refractivity contribution in [3.63, 3.8) is 0 Å². The van der Waals surface area contributed by atoms with Crippen molar-refractivity contribution < 1.29 is 17.9 Å². The minimum atomic E-state index is -3.58. The van der Waals surface area contributed by atoms with Gasteiger partial charge in [0.1, 0.15) is 0 Å². The summed E-state index contributed by atoms with van der Waals surface area (Å²) < 4.78 is 38.0. The highest BCUT2D eigenvalue weighted by molar-refractivity contribution is 7.89. The highest BCUT2D eigenvalue weighted by Gasteiger charge is 2.21. The second-order valence-corrected chi connectivity index (χ2v) is 6.49. The molecule has 0 aliphatic carbocycles. The number of methoxy groups -OCH3 is 2. The molecule has 0 aliphatic rings. The van der Waals surface area contributed by atoms with Crippen LogP contribution in [0.2, 0.25) is 0 Å². The van der Waals surface area contributed by atoms with Crippen LogP contribution in [-0.4, -0.2) is 35.7 Å². The summed E-state index contributed by atoms with van der Waals surface area (Å²) >= 11 is 0. The van der Waals surface area contributed by atoms with Crippen molar-refractivity contribution in [2.45, 2.75) is 37.8 Å². The summed E-state index contributed by atoms with van der Waals surface area (Å²) in [7, 11) is 1.21. The first kappa shape index (κ1) is 17.7. The van der Waals surface area contributed by atoms with Crippen LogP contribution in [0.25, 0.3) is 0 Å². The number of sulfonamides is 1. The van der Waals surface area contributed by atoms with E-state index in [1.807, 2.05) is 13.8 Å². The molecule has 1 rings (SSSR count). The third kappa shape index (κ3) is 4.33. The lowest BCUT2D eigenvalue weighted by Crippen LogP contribution is -2.32. The van der Waals surface area contributed by atoms with E-state index in [0.29, 0.717) is 18.0 Å². The summed E-state index contributed by atoms with van der Waals surface area (Å²) in [6.45, 7) is 4.23. The summed E-state index contributed by atoms with van der Waals surface area (Å²) in [6.07, 6.45) is 0.718. The zero-order valence-corrected chi connectivity index (χ0v) is 14.0. The van der Waals surface area contributed by atoms with E-state index in [9.17, 15) is 8.42 Å². The molecule has 1 unspecified atom stereocenters. The van der Waals surface area contributed by atoms with Gasteiger partial charge in [0.2, 0.25) is 10.0 Å². The van der Waals surface area contributed by atoms with Crippen LogP contribution in [0.4, 0.5) is 0 Å². The van der Waals surface area contributed by atoms with Gasteiger partial charge in [0.05, 0.1) is 19.1 Å². The number of ether oxygens (including phenoxy) is 2. The van der Waals surface area contributed by atoms with Crippen LogP contribution in [0.15, 0.2) is 17.0 Å².